The average molecular weight is 242 g/mol. The van der Waals surface area contributed by atoms with Crippen molar-refractivity contribution in [2.75, 3.05) is 6.61 Å². The second kappa shape index (κ2) is 6.08. The highest BCUT2D eigenvalue weighted by atomic mass is 19.1. The number of halogens is 2. The first-order valence-corrected chi connectivity index (χ1v) is 5.14. The van der Waals surface area contributed by atoms with Gasteiger partial charge < -0.3 is 4.74 Å². The van der Waals surface area contributed by atoms with Gasteiger partial charge in [-0.3, -0.25) is 9.59 Å². The first-order chi connectivity index (χ1) is 8.04. The molecule has 0 aliphatic heterocycles. The number of hydrogen-bond acceptors (Lipinski definition) is 3. The molecule has 0 bridgehead atoms. The van der Waals surface area contributed by atoms with E-state index in [0.717, 1.165) is 12.1 Å². The SMILES string of the molecule is CCOC(=O)CC(=O)Cc1c(F)cccc1F. The zero-order chi connectivity index (χ0) is 12.8. The number of carbonyl (C=O) groups is 2. The third-order valence-corrected chi connectivity index (χ3v) is 2.08. The van der Waals surface area contributed by atoms with Gasteiger partial charge in [0.05, 0.1) is 6.61 Å². The largest absolute Gasteiger partial charge is 0.466 e. The zero-order valence-electron chi connectivity index (χ0n) is 9.33. The molecular formula is C12H12F2O3. The molecule has 0 unspecified atom stereocenters. The van der Waals surface area contributed by atoms with Crippen molar-refractivity contribution in [1.82, 2.24) is 0 Å². The Hall–Kier alpha value is -1.78. The van der Waals surface area contributed by atoms with Crippen molar-refractivity contribution in [3.05, 3.63) is 35.4 Å². The van der Waals surface area contributed by atoms with Crippen LogP contribution in [0.4, 0.5) is 8.78 Å². The molecule has 1 aromatic carbocycles. The van der Waals surface area contributed by atoms with Gasteiger partial charge in [-0.1, -0.05) is 6.07 Å². The van der Waals surface area contributed by atoms with Crippen LogP contribution in [0.25, 0.3) is 0 Å². The second-order valence-electron chi connectivity index (χ2n) is 3.40. The van der Waals surface area contributed by atoms with Crippen molar-refractivity contribution in [3.8, 4) is 0 Å². The van der Waals surface area contributed by atoms with Crippen LogP contribution < -0.4 is 0 Å². The number of ether oxygens (including phenoxy) is 1. The lowest BCUT2D eigenvalue weighted by Gasteiger charge is -2.04. The summed E-state index contributed by atoms with van der Waals surface area (Å²) in [6.07, 6.45) is -0.918. The maximum Gasteiger partial charge on any atom is 0.313 e. The van der Waals surface area contributed by atoms with Crippen LogP contribution in [-0.4, -0.2) is 18.4 Å². The predicted molar refractivity (Wildman–Crippen MR) is 56.3 cm³/mol. The summed E-state index contributed by atoms with van der Waals surface area (Å²) in [7, 11) is 0. The summed E-state index contributed by atoms with van der Waals surface area (Å²) in [4.78, 5) is 22.4. The molecule has 0 atom stereocenters. The number of esters is 1. The normalized spacial score (nSPS) is 10.1. The Balaban J connectivity index is 2.65. The minimum atomic E-state index is -0.790. The zero-order valence-corrected chi connectivity index (χ0v) is 9.33. The summed E-state index contributed by atoms with van der Waals surface area (Å²) >= 11 is 0. The van der Waals surface area contributed by atoms with Crippen LogP contribution in [0.15, 0.2) is 18.2 Å². The molecule has 0 fully saturated rings. The van der Waals surface area contributed by atoms with E-state index in [4.69, 9.17) is 0 Å². The molecule has 0 aliphatic rings. The molecule has 92 valence electrons. The van der Waals surface area contributed by atoms with E-state index in [0.29, 0.717) is 0 Å². The quantitative estimate of drug-likeness (QED) is 0.586. The first-order valence-electron chi connectivity index (χ1n) is 5.14. The molecule has 0 radical (unpaired) electrons. The highest BCUT2D eigenvalue weighted by Gasteiger charge is 2.16. The lowest BCUT2D eigenvalue weighted by Crippen LogP contribution is -2.14. The molecule has 0 aliphatic carbocycles. The molecule has 1 aromatic rings. The maximum absolute atomic E-state index is 13.2. The van der Waals surface area contributed by atoms with Gasteiger partial charge in [-0.25, -0.2) is 8.78 Å². The molecule has 3 nitrogen and oxygen atoms in total. The Labute approximate surface area is 97.4 Å². The third-order valence-electron chi connectivity index (χ3n) is 2.08. The Bertz CT molecular complexity index is 410. The molecule has 0 saturated carbocycles. The van der Waals surface area contributed by atoms with Crippen molar-refractivity contribution in [3.63, 3.8) is 0 Å². The predicted octanol–water partition coefficient (Wildman–Crippen LogP) is 2.03. The molecule has 17 heavy (non-hydrogen) atoms. The van der Waals surface area contributed by atoms with Crippen molar-refractivity contribution < 1.29 is 23.1 Å². The van der Waals surface area contributed by atoms with Gasteiger partial charge in [0.2, 0.25) is 0 Å². The number of Topliss-reactive ketones (excluding diaryl/α,β-unsaturated/α-hetero) is 1. The van der Waals surface area contributed by atoms with Crippen LogP contribution >= 0.6 is 0 Å². The third kappa shape index (κ3) is 3.94. The molecule has 5 heteroatoms. The maximum atomic E-state index is 13.2. The van der Waals surface area contributed by atoms with E-state index >= 15 is 0 Å². The Kier molecular flexibility index (Phi) is 4.75. The highest BCUT2D eigenvalue weighted by molar-refractivity contribution is 5.96. The molecular weight excluding hydrogens is 230 g/mol. The van der Waals surface area contributed by atoms with E-state index in [2.05, 4.69) is 4.74 Å². The summed E-state index contributed by atoms with van der Waals surface area (Å²) in [6.45, 7) is 1.78. The van der Waals surface area contributed by atoms with Gasteiger partial charge in [-0.05, 0) is 19.1 Å². The Morgan fingerprint density at radius 1 is 1.24 bits per heavy atom. The lowest BCUT2D eigenvalue weighted by molar-refractivity contribution is -0.145. The fourth-order valence-electron chi connectivity index (χ4n) is 1.33. The molecule has 0 spiro atoms. The van der Waals surface area contributed by atoms with Crippen molar-refractivity contribution in [2.24, 2.45) is 0 Å². The van der Waals surface area contributed by atoms with Crippen LogP contribution in [0.5, 0.6) is 0 Å². The summed E-state index contributed by atoms with van der Waals surface area (Å²) in [5, 5.41) is 0. The first kappa shape index (κ1) is 13.3. The summed E-state index contributed by atoms with van der Waals surface area (Å²) < 4.78 is 30.9. The lowest BCUT2D eigenvalue weighted by atomic mass is 10.1. The molecule has 0 saturated heterocycles. The Morgan fingerprint density at radius 3 is 2.35 bits per heavy atom. The Morgan fingerprint density at radius 2 is 1.82 bits per heavy atom. The van der Waals surface area contributed by atoms with E-state index in [1.54, 1.807) is 6.92 Å². The van der Waals surface area contributed by atoms with E-state index in [-0.39, 0.29) is 12.2 Å². The van der Waals surface area contributed by atoms with Gasteiger partial charge >= 0.3 is 5.97 Å². The highest BCUT2D eigenvalue weighted by Crippen LogP contribution is 2.13. The number of benzene rings is 1. The number of hydrogen-bond donors (Lipinski definition) is 0. The minimum Gasteiger partial charge on any atom is -0.466 e. The minimum absolute atomic E-state index is 0.167. The van der Waals surface area contributed by atoms with Gasteiger partial charge in [0.25, 0.3) is 0 Å². The standard InChI is InChI=1S/C12H12F2O3/c1-2-17-12(16)7-8(15)6-9-10(13)4-3-5-11(9)14/h3-5H,2,6-7H2,1H3. The summed E-state index contributed by atoms with van der Waals surface area (Å²) in [5.74, 6) is -2.84. The fourth-order valence-corrected chi connectivity index (χ4v) is 1.33. The van der Waals surface area contributed by atoms with Crippen LogP contribution in [0.3, 0.4) is 0 Å². The van der Waals surface area contributed by atoms with E-state index in [1.165, 1.54) is 6.07 Å². The number of rotatable bonds is 5. The molecule has 0 aromatic heterocycles. The smallest absolute Gasteiger partial charge is 0.313 e. The summed E-state index contributed by atoms with van der Waals surface area (Å²) in [6, 6.07) is 3.34. The number of ketones is 1. The molecule has 1 rings (SSSR count). The molecule has 0 N–H and O–H groups in total. The van der Waals surface area contributed by atoms with E-state index in [9.17, 15) is 18.4 Å². The second-order valence-corrected chi connectivity index (χ2v) is 3.40. The van der Waals surface area contributed by atoms with Gasteiger partial charge in [0.15, 0.2) is 0 Å². The fraction of sp³-hybridized carbons (Fsp3) is 0.333. The van der Waals surface area contributed by atoms with Crippen LogP contribution in [0, 0.1) is 11.6 Å². The van der Waals surface area contributed by atoms with Crippen molar-refractivity contribution >= 4 is 11.8 Å². The van der Waals surface area contributed by atoms with Crippen LogP contribution in [-0.2, 0) is 20.7 Å². The van der Waals surface area contributed by atoms with E-state index in [1.807, 2.05) is 0 Å². The monoisotopic (exact) mass is 242 g/mol. The van der Waals surface area contributed by atoms with Gasteiger partial charge in [0.1, 0.15) is 23.8 Å². The van der Waals surface area contributed by atoms with Gasteiger partial charge in [-0.15, -0.1) is 0 Å². The van der Waals surface area contributed by atoms with E-state index < -0.39 is 36.2 Å². The molecule has 0 amide bonds. The van der Waals surface area contributed by atoms with Crippen molar-refractivity contribution in [1.29, 1.82) is 0 Å². The van der Waals surface area contributed by atoms with Crippen LogP contribution in [0.2, 0.25) is 0 Å². The number of carbonyl (C=O) groups excluding carboxylic acids is 2. The molecule has 0 heterocycles. The topological polar surface area (TPSA) is 43.4 Å². The van der Waals surface area contributed by atoms with Crippen LogP contribution in [0.1, 0.15) is 18.9 Å². The summed E-state index contributed by atoms with van der Waals surface area (Å²) in [5.41, 5.74) is -0.318. The average Bonchev–Trinajstić information content (AvgIpc) is 2.24. The van der Waals surface area contributed by atoms with Crippen molar-refractivity contribution in [2.45, 2.75) is 19.8 Å². The van der Waals surface area contributed by atoms with Gasteiger partial charge in [0, 0.05) is 12.0 Å². The van der Waals surface area contributed by atoms with Gasteiger partial charge in [-0.2, -0.15) is 0 Å².